The van der Waals surface area contributed by atoms with Gasteiger partial charge in [0, 0.05) is 34.4 Å². The molecule has 2 aliphatic carbocycles. The first-order valence-corrected chi connectivity index (χ1v) is 9.25. The standard InChI is InChI=1S/C18H21N3OS/c1-12-11-23-17(20-12)18(7-2-3-8-18)21-16(22)14-6-9-19-15(10-14)13-4-5-13/h6,9-11,13H,2-5,7-8H2,1H3,(H,21,22). The summed E-state index contributed by atoms with van der Waals surface area (Å²) in [5, 5.41) is 6.43. The van der Waals surface area contributed by atoms with Crippen molar-refractivity contribution in [2.24, 2.45) is 0 Å². The highest BCUT2D eigenvalue weighted by Gasteiger charge is 2.40. The maximum Gasteiger partial charge on any atom is 0.252 e. The molecule has 23 heavy (non-hydrogen) atoms. The molecule has 120 valence electrons. The number of nitrogens with zero attached hydrogens (tertiary/aromatic N) is 2. The molecule has 1 N–H and O–H groups in total. The summed E-state index contributed by atoms with van der Waals surface area (Å²) in [5.74, 6) is 0.564. The third kappa shape index (κ3) is 2.90. The highest BCUT2D eigenvalue weighted by Crippen LogP contribution is 2.41. The van der Waals surface area contributed by atoms with Crippen LogP contribution in [0.4, 0.5) is 0 Å². The van der Waals surface area contributed by atoms with Gasteiger partial charge in [-0.25, -0.2) is 4.98 Å². The quantitative estimate of drug-likeness (QED) is 0.926. The van der Waals surface area contributed by atoms with Gasteiger partial charge in [0.15, 0.2) is 0 Å². The van der Waals surface area contributed by atoms with E-state index in [1.165, 1.54) is 12.8 Å². The lowest BCUT2D eigenvalue weighted by molar-refractivity contribution is 0.0897. The van der Waals surface area contributed by atoms with Gasteiger partial charge >= 0.3 is 0 Å². The molecule has 2 saturated carbocycles. The van der Waals surface area contributed by atoms with E-state index in [2.05, 4.69) is 20.7 Å². The molecule has 2 aromatic rings. The van der Waals surface area contributed by atoms with Crippen LogP contribution in [0.1, 0.15) is 71.2 Å². The first-order valence-electron chi connectivity index (χ1n) is 8.37. The Kier molecular flexibility index (Phi) is 3.68. The van der Waals surface area contributed by atoms with Crippen LogP contribution in [0, 0.1) is 6.92 Å². The zero-order valence-electron chi connectivity index (χ0n) is 13.3. The van der Waals surface area contributed by atoms with Crippen molar-refractivity contribution in [3.63, 3.8) is 0 Å². The normalized spacial score (nSPS) is 19.7. The fraction of sp³-hybridized carbons (Fsp3) is 0.500. The van der Waals surface area contributed by atoms with Crippen molar-refractivity contribution < 1.29 is 4.79 Å². The van der Waals surface area contributed by atoms with E-state index in [4.69, 9.17) is 0 Å². The number of carbonyl (C=O) groups is 1. The molecule has 4 nitrogen and oxygen atoms in total. The molecule has 0 atom stereocenters. The number of nitrogens with one attached hydrogen (secondary N) is 1. The van der Waals surface area contributed by atoms with Crippen LogP contribution in [0.15, 0.2) is 23.7 Å². The molecular weight excluding hydrogens is 306 g/mol. The third-order valence-corrected chi connectivity index (χ3v) is 6.04. The molecule has 5 heteroatoms. The molecular formula is C18H21N3OS. The second-order valence-electron chi connectivity index (χ2n) is 6.78. The van der Waals surface area contributed by atoms with Crippen molar-refractivity contribution in [2.45, 2.75) is 56.9 Å². The van der Waals surface area contributed by atoms with E-state index >= 15 is 0 Å². The van der Waals surface area contributed by atoms with E-state index < -0.39 is 0 Å². The average molecular weight is 327 g/mol. The van der Waals surface area contributed by atoms with E-state index in [9.17, 15) is 4.79 Å². The molecule has 2 aromatic heterocycles. The Morgan fingerprint density at radius 2 is 2.13 bits per heavy atom. The third-order valence-electron chi connectivity index (χ3n) is 4.88. The lowest BCUT2D eigenvalue weighted by Crippen LogP contribution is -2.43. The number of hydrogen-bond acceptors (Lipinski definition) is 4. The van der Waals surface area contributed by atoms with Gasteiger partial charge in [0.05, 0.1) is 5.54 Å². The maximum atomic E-state index is 12.8. The van der Waals surface area contributed by atoms with Crippen LogP contribution in [-0.2, 0) is 5.54 Å². The number of amides is 1. The number of rotatable bonds is 4. The number of aryl methyl sites for hydroxylation is 1. The van der Waals surface area contributed by atoms with Gasteiger partial charge < -0.3 is 5.32 Å². The van der Waals surface area contributed by atoms with Gasteiger partial charge in [0.25, 0.3) is 5.91 Å². The van der Waals surface area contributed by atoms with Gasteiger partial charge in [-0.05, 0) is 44.7 Å². The Hall–Kier alpha value is -1.75. The molecule has 0 spiro atoms. The van der Waals surface area contributed by atoms with E-state index in [1.807, 2.05) is 19.1 Å². The Morgan fingerprint density at radius 1 is 1.35 bits per heavy atom. The summed E-state index contributed by atoms with van der Waals surface area (Å²) in [5.41, 5.74) is 2.54. The van der Waals surface area contributed by atoms with Crippen molar-refractivity contribution in [3.8, 4) is 0 Å². The van der Waals surface area contributed by atoms with E-state index in [1.54, 1.807) is 17.5 Å². The molecule has 0 unspecified atom stereocenters. The van der Waals surface area contributed by atoms with Gasteiger partial charge in [-0.1, -0.05) is 12.8 Å². The van der Waals surface area contributed by atoms with Crippen LogP contribution < -0.4 is 5.32 Å². The van der Waals surface area contributed by atoms with Crippen molar-refractivity contribution in [2.75, 3.05) is 0 Å². The van der Waals surface area contributed by atoms with E-state index in [-0.39, 0.29) is 11.4 Å². The van der Waals surface area contributed by atoms with Crippen molar-refractivity contribution in [3.05, 3.63) is 45.7 Å². The summed E-state index contributed by atoms with van der Waals surface area (Å²) in [6.45, 7) is 2.01. The monoisotopic (exact) mass is 327 g/mol. The smallest absolute Gasteiger partial charge is 0.252 e. The van der Waals surface area contributed by atoms with Crippen molar-refractivity contribution in [1.29, 1.82) is 0 Å². The van der Waals surface area contributed by atoms with E-state index in [0.29, 0.717) is 5.92 Å². The summed E-state index contributed by atoms with van der Waals surface area (Å²) in [4.78, 5) is 21.9. The van der Waals surface area contributed by atoms with Crippen molar-refractivity contribution in [1.82, 2.24) is 15.3 Å². The maximum absolute atomic E-state index is 12.8. The minimum absolute atomic E-state index is 0.00375. The molecule has 2 fully saturated rings. The molecule has 0 saturated heterocycles. The summed E-state index contributed by atoms with van der Waals surface area (Å²) in [6, 6.07) is 3.78. The molecule has 4 rings (SSSR count). The lowest BCUT2D eigenvalue weighted by atomic mass is 9.97. The Balaban J connectivity index is 1.59. The molecule has 1 amide bonds. The number of aromatic nitrogens is 2. The fourth-order valence-corrected chi connectivity index (χ4v) is 4.44. The number of hydrogen-bond donors (Lipinski definition) is 1. The SMILES string of the molecule is Cc1csc(C2(NC(=O)c3ccnc(C4CC4)c3)CCCC2)n1. The second-order valence-corrected chi connectivity index (χ2v) is 7.64. The van der Waals surface area contributed by atoms with Crippen LogP contribution in [-0.4, -0.2) is 15.9 Å². The zero-order chi connectivity index (χ0) is 15.9. The second kappa shape index (κ2) is 5.71. The molecule has 0 aromatic carbocycles. The number of pyridine rings is 1. The van der Waals surface area contributed by atoms with E-state index in [0.717, 1.165) is 47.6 Å². The molecule has 2 aliphatic rings. The Bertz CT molecular complexity index is 729. The van der Waals surface area contributed by atoms with Crippen LogP contribution in [0.25, 0.3) is 0 Å². The van der Waals surface area contributed by atoms with Gasteiger partial charge in [0.1, 0.15) is 5.01 Å². The fourth-order valence-electron chi connectivity index (χ4n) is 3.43. The summed E-state index contributed by atoms with van der Waals surface area (Å²) < 4.78 is 0. The van der Waals surface area contributed by atoms with Gasteiger partial charge in [0.2, 0.25) is 0 Å². The largest absolute Gasteiger partial charge is 0.340 e. The van der Waals surface area contributed by atoms with Crippen LogP contribution in [0.5, 0.6) is 0 Å². The predicted octanol–water partition coefficient (Wildman–Crippen LogP) is 3.92. The zero-order valence-corrected chi connectivity index (χ0v) is 14.2. The highest BCUT2D eigenvalue weighted by molar-refractivity contribution is 7.09. The molecule has 2 heterocycles. The summed E-state index contributed by atoms with van der Waals surface area (Å²) in [7, 11) is 0. The molecule has 0 bridgehead atoms. The summed E-state index contributed by atoms with van der Waals surface area (Å²) >= 11 is 1.66. The number of carbonyl (C=O) groups excluding carboxylic acids is 1. The minimum Gasteiger partial charge on any atom is -0.340 e. The van der Waals surface area contributed by atoms with Crippen molar-refractivity contribution >= 4 is 17.2 Å². The van der Waals surface area contributed by atoms with Crippen LogP contribution in [0.2, 0.25) is 0 Å². The number of thiazole rings is 1. The summed E-state index contributed by atoms with van der Waals surface area (Å²) in [6.07, 6.45) is 8.39. The van der Waals surface area contributed by atoms with Crippen LogP contribution >= 0.6 is 11.3 Å². The first-order chi connectivity index (χ1) is 11.2. The molecule has 0 radical (unpaired) electrons. The first kappa shape index (κ1) is 14.8. The topological polar surface area (TPSA) is 54.9 Å². The van der Waals surface area contributed by atoms with Gasteiger partial charge in [-0.15, -0.1) is 11.3 Å². The molecule has 0 aliphatic heterocycles. The Labute approximate surface area is 140 Å². The van der Waals surface area contributed by atoms with Crippen LogP contribution in [0.3, 0.4) is 0 Å². The van der Waals surface area contributed by atoms with Gasteiger partial charge in [-0.3, -0.25) is 9.78 Å². The average Bonchev–Trinajstić information content (AvgIpc) is 3.15. The van der Waals surface area contributed by atoms with Gasteiger partial charge in [-0.2, -0.15) is 0 Å². The highest BCUT2D eigenvalue weighted by atomic mass is 32.1. The lowest BCUT2D eigenvalue weighted by Gasteiger charge is -2.28. The Morgan fingerprint density at radius 3 is 2.78 bits per heavy atom. The predicted molar refractivity (Wildman–Crippen MR) is 90.7 cm³/mol. The minimum atomic E-state index is -0.279.